The van der Waals surface area contributed by atoms with Gasteiger partial charge in [0.25, 0.3) is 0 Å². The number of aliphatic hydroxyl groups is 1. The van der Waals surface area contributed by atoms with Crippen LogP contribution in [0, 0.1) is 0 Å². The van der Waals surface area contributed by atoms with Gasteiger partial charge in [-0.2, -0.15) is 4.31 Å². The minimum absolute atomic E-state index is 0.130. The van der Waals surface area contributed by atoms with E-state index in [2.05, 4.69) is 4.74 Å². The maximum Gasteiger partial charge on any atom is 0.306 e. The predicted molar refractivity (Wildman–Crippen MR) is 61.9 cm³/mol. The number of rotatable bonds is 5. The Morgan fingerprint density at radius 1 is 1.53 bits per heavy atom. The van der Waals surface area contributed by atoms with Crippen LogP contribution in [0.2, 0.25) is 0 Å². The molecular weight excluding hydrogens is 246 g/mol. The number of sulfonamides is 1. The molecule has 0 aromatic carbocycles. The van der Waals surface area contributed by atoms with Crippen LogP contribution < -0.4 is 0 Å². The van der Waals surface area contributed by atoms with Crippen LogP contribution in [0.1, 0.15) is 26.2 Å². The standard InChI is InChI=1S/C10H19NO5S/c1-2-16-10(13)5-7-17(14,15)11-6-3-4-9(12)8-11/h9,12H,2-8H2,1H3/t9-/m0/s1. The van der Waals surface area contributed by atoms with Crippen LogP contribution in [0.3, 0.4) is 0 Å². The molecule has 0 aromatic rings. The molecule has 0 saturated carbocycles. The molecule has 1 saturated heterocycles. The number of carbonyl (C=O) groups excluding carboxylic acids is 1. The van der Waals surface area contributed by atoms with Crippen molar-refractivity contribution in [1.29, 1.82) is 0 Å². The third-order valence-electron chi connectivity index (χ3n) is 2.62. The normalized spacial score (nSPS) is 22.4. The maximum absolute atomic E-state index is 11.8. The summed E-state index contributed by atoms with van der Waals surface area (Å²) in [5, 5.41) is 9.41. The lowest BCUT2D eigenvalue weighted by Gasteiger charge is -2.29. The molecule has 1 rings (SSSR count). The zero-order chi connectivity index (χ0) is 12.9. The van der Waals surface area contributed by atoms with Crippen molar-refractivity contribution in [2.24, 2.45) is 0 Å². The van der Waals surface area contributed by atoms with E-state index in [-0.39, 0.29) is 25.3 Å². The van der Waals surface area contributed by atoms with E-state index in [0.29, 0.717) is 19.4 Å². The van der Waals surface area contributed by atoms with Gasteiger partial charge in [-0.25, -0.2) is 8.42 Å². The summed E-state index contributed by atoms with van der Waals surface area (Å²) in [6.07, 6.45) is 0.549. The number of hydrogen-bond acceptors (Lipinski definition) is 5. The van der Waals surface area contributed by atoms with Gasteiger partial charge in [0, 0.05) is 13.1 Å². The molecule has 1 aliphatic heterocycles. The molecule has 0 bridgehead atoms. The van der Waals surface area contributed by atoms with Gasteiger partial charge in [0.2, 0.25) is 10.0 Å². The first-order valence-corrected chi connectivity index (χ1v) is 7.38. The molecule has 6 nitrogen and oxygen atoms in total. The molecule has 7 heteroatoms. The smallest absolute Gasteiger partial charge is 0.306 e. The van der Waals surface area contributed by atoms with Gasteiger partial charge >= 0.3 is 5.97 Å². The van der Waals surface area contributed by atoms with E-state index in [1.165, 1.54) is 4.31 Å². The largest absolute Gasteiger partial charge is 0.466 e. The van der Waals surface area contributed by atoms with Gasteiger partial charge in [-0.1, -0.05) is 0 Å². The zero-order valence-corrected chi connectivity index (χ0v) is 10.8. The Labute approximate surface area is 102 Å². The number of ether oxygens (including phenoxy) is 1. The van der Waals surface area contributed by atoms with Crippen molar-refractivity contribution in [3.05, 3.63) is 0 Å². The molecule has 100 valence electrons. The average molecular weight is 265 g/mol. The molecule has 1 N–H and O–H groups in total. The van der Waals surface area contributed by atoms with E-state index < -0.39 is 22.1 Å². The number of β-amino-alcohol motifs (C(OH)–C–C–N with tert-alkyl or cyclic N) is 1. The van der Waals surface area contributed by atoms with Crippen LogP contribution in [-0.2, 0) is 19.6 Å². The monoisotopic (exact) mass is 265 g/mol. The van der Waals surface area contributed by atoms with Gasteiger partial charge in [0.1, 0.15) is 0 Å². The summed E-state index contributed by atoms with van der Waals surface area (Å²) in [6, 6.07) is 0. The molecule has 0 aliphatic carbocycles. The van der Waals surface area contributed by atoms with Crippen molar-refractivity contribution in [2.45, 2.75) is 32.3 Å². The number of nitrogens with zero attached hydrogens (tertiary/aromatic N) is 1. The highest BCUT2D eigenvalue weighted by Crippen LogP contribution is 2.14. The first kappa shape index (κ1) is 14.4. The van der Waals surface area contributed by atoms with Gasteiger partial charge in [-0.3, -0.25) is 4.79 Å². The van der Waals surface area contributed by atoms with E-state index >= 15 is 0 Å². The second kappa shape index (κ2) is 6.32. The van der Waals surface area contributed by atoms with E-state index in [9.17, 15) is 18.3 Å². The summed E-state index contributed by atoms with van der Waals surface area (Å²) < 4.78 is 29.6. The summed E-state index contributed by atoms with van der Waals surface area (Å²) >= 11 is 0. The fraction of sp³-hybridized carbons (Fsp3) is 0.900. The third-order valence-corrected chi connectivity index (χ3v) is 4.46. The number of aliphatic hydroxyl groups excluding tert-OH is 1. The van der Waals surface area contributed by atoms with Crippen molar-refractivity contribution in [3.8, 4) is 0 Å². The first-order valence-electron chi connectivity index (χ1n) is 5.77. The molecule has 0 unspecified atom stereocenters. The van der Waals surface area contributed by atoms with E-state index in [1.807, 2.05) is 0 Å². The van der Waals surface area contributed by atoms with Crippen molar-refractivity contribution in [2.75, 3.05) is 25.4 Å². The molecule has 1 atom stereocenters. The topological polar surface area (TPSA) is 83.9 Å². The Bertz CT molecular complexity index is 354. The summed E-state index contributed by atoms with van der Waals surface area (Å²) in [5.74, 6) is -0.757. The van der Waals surface area contributed by atoms with E-state index in [0.717, 1.165) is 0 Å². The van der Waals surface area contributed by atoms with Crippen molar-refractivity contribution in [3.63, 3.8) is 0 Å². The van der Waals surface area contributed by atoms with Crippen LogP contribution in [0.15, 0.2) is 0 Å². The van der Waals surface area contributed by atoms with Crippen molar-refractivity contribution in [1.82, 2.24) is 4.31 Å². The van der Waals surface area contributed by atoms with Gasteiger partial charge in [-0.05, 0) is 19.8 Å². The summed E-state index contributed by atoms with van der Waals surface area (Å²) in [7, 11) is -3.46. The van der Waals surface area contributed by atoms with Crippen molar-refractivity contribution >= 4 is 16.0 Å². The van der Waals surface area contributed by atoms with Crippen LogP contribution >= 0.6 is 0 Å². The fourth-order valence-electron chi connectivity index (χ4n) is 1.75. The highest BCUT2D eigenvalue weighted by molar-refractivity contribution is 7.89. The highest BCUT2D eigenvalue weighted by atomic mass is 32.2. The second-order valence-corrected chi connectivity index (χ2v) is 6.11. The molecule has 17 heavy (non-hydrogen) atoms. The Balaban J connectivity index is 2.47. The zero-order valence-electron chi connectivity index (χ0n) is 9.96. The van der Waals surface area contributed by atoms with Crippen molar-refractivity contribution < 1.29 is 23.1 Å². The molecule has 0 spiro atoms. The molecule has 0 radical (unpaired) electrons. The maximum atomic E-state index is 11.8. The lowest BCUT2D eigenvalue weighted by Crippen LogP contribution is -2.43. The number of carbonyl (C=O) groups is 1. The van der Waals surface area contributed by atoms with E-state index in [1.54, 1.807) is 6.92 Å². The molecule has 1 aliphatic rings. The Morgan fingerprint density at radius 2 is 2.24 bits per heavy atom. The summed E-state index contributed by atoms with van der Waals surface area (Å²) in [5.41, 5.74) is 0. The van der Waals surface area contributed by atoms with Gasteiger partial charge in [-0.15, -0.1) is 0 Å². The molecule has 1 heterocycles. The predicted octanol–water partition coefficient (Wildman–Crippen LogP) is -0.274. The lowest BCUT2D eigenvalue weighted by molar-refractivity contribution is -0.142. The number of piperidine rings is 1. The van der Waals surface area contributed by atoms with Crippen LogP contribution in [0.4, 0.5) is 0 Å². The van der Waals surface area contributed by atoms with Crippen LogP contribution in [0.5, 0.6) is 0 Å². The number of hydrogen-bond donors (Lipinski definition) is 1. The highest BCUT2D eigenvalue weighted by Gasteiger charge is 2.28. The third kappa shape index (κ3) is 4.61. The molecule has 1 fully saturated rings. The van der Waals surface area contributed by atoms with Crippen LogP contribution in [0.25, 0.3) is 0 Å². The Morgan fingerprint density at radius 3 is 2.82 bits per heavy atom. The van der Waals surface area contributed by atoms with Gasteiger partial charge in [0.15, 0.2) is 0 Å². The van der Waals surface area contributed by atoms with Gasteiger partial charge in [0.05, 0.1) is 24.9 Å². The minimum atomic E-state index is -3.46. The molecular formula is C10H19NO5S. The van der Waals surface area contributed by atoms with Crippen LogP contribution in [-0.4, -0.2) is 55.4 Å². The minimum Gasteiger partial charge on any atom is -0.466 e. The lowest BCUT2D eigenvalue weighted by atomic mass is 10.1. The SMILES string of the molecule is CCOC(=O)CCS(=O)(=O)N1CCC[C@H](O)C1. The average Bonchev–Trinajstić information content (AvgIpc) is 2.27. The Hall–Kier alpha value is -0.660. The quantitative estimate of drug-likeness (QED) is 0.692. The van der Waals surface area contributed by atoms with Gasteiger partial charge < -0.3 is 9.84 Å². The number of esters is 1. The molecule has 0 amide bonds. The summed E-state index contributed by atoms with van der Waals surface area (Å²) in [6.45, 7) is 2.47. The van der Waals surface area contributed by atoms with E-state index in [4.69, 9.17) is 0 Å². The summed E-state index contributed by atoms with van der Waals surface area (Å²) in [4.78, 5) is 11.1. The first-order chi connectivity index (χ1) is 7.95. The fourth-order valence-corrected chi connectivity index (χ4v) is 3.24. The molecule has 0 aromatic heterocycles. The Kier molecular flexibility index (Phi) is 5.35. The second-order valence-electron chi connectivity index (χ2n) is 4.03.